The van der Waals surface area contributed by atoms with Crippen LogP contribution in [0.15, 0.2) is 0 Å². The van der Waals surface area contributed by atoms with E-state index in [1.807, 2.05) is 13.8 Å². The van der Waals surface area contributed by atoms with E-state index in [1.54, 1.807) is 0 Å². The predicted molar refractivity (Wildman–Crippen MR) is 74.7 cm³/mol. The molecular weight excluding hydrogens is 228 g/mol. The van der Waals surface area contributed by atoms with Crippen LogP contribution in [0.3, 0.4) is 0 Å². The molecule has 1 aliphatic heterocycles. The molecular formula is C14H30N2O2. The maximum atomic E-state index is 9.71. The lowest BCUT2D eigenvalue weighted by Crippen LogP contribution is -2.62. The van der Waals surface area contributed by atoms with E-state index in [9.17, 15) is 10.2 Å². The van der Waals surface area contributed by atoms with Crippen LogP contribution in [0.4, 0.5) is 0 Å². The Labute approximate surface area is 112 Å². The minimum atomic E-state index is -0.285. The number of hydrogen-bond donors (Lipinski definition) is 2. The second-order valence-electron chi connectivity index (χ2n) is 6.23. The van der Waals surface area contributed by atoms with Gasteiger partial charge >= 0.3 is 0 Å². The third kappa shape index (κ3) is 4.50. The zero-order valence-corrected chi connectivity index (χ0v) is 12.4. The Balaban J connectivity index is 2.53. The molecule has 0 aromatic rings. The van der Waals surface area contributed by atoms with Gasteiger partial charge < -0.3 is 15.1 Å². The standard InChI is InChI=1S/C14H30N2O2/c1-12(17)10-14(6-5-8-15(3)4)7-9-16(14)11-13(2)18/h12-13,17-18H,5-11H2,1-4H3. The van der Waals surface area contributed by atoms with E-state index in [-0.39, 0.29) is 17.7 Å². The second-order valence-corrected chi connectivity index (χ2v) is 6.23. The topological polar surface area (TPSA) is 46.9 Å². The van der Waals surface area contributed by atoms with Gasteiger partial charge in [-0.05, 0) is 60.2 Å². The van der Waals surface area contributed by atoms with Crippen molar-refractivity contribution < 1.29 is 10.2 Å². The lowest BCUT2D eigenvalue weighted by molar-refractivity contribution is -0.0716. The minimum absolute atomic E-state index is 0.126. The summed E-state index contributed by atoms with van der Waals surface area (Å²) in [5.74, 6) is 0. The summed E-state index contributed by atoms with van der Waals surface area (Å²) in [5, 5.41) is 19.3. The smallest absolute Gasteiger partial charge is 0.0639 e. The lowest BCUT2D eigenvalue weighted by atomic mass is 9.76. The molecule has 3 unspecified atom stereocenters. The Kier molecular flexibility index (Phi) is 6.05. The Morgan fingerprint density at radius 3 is 2.28 bits per heavy atom. The van der Waals surface area contributed by atoms with E-state index in [1.165, 1.54) is 0 Å². The molecule has 0 bridgehead atoms. The van der Waals surface area contributed by atoms with Crippen molar-refractivity contribution in [3.05, 3.63) is 0 Å². The number of aliphatic hydroxyl groups excluding tert-OH is 2. The molecule has 0 spiro atoms. The molecule has 0 radical (unpaired) electrons. The molecule has 2 N–H and O–H groups in total. The molecule has 0 aromatic heterocycles. The van der Waals surface area contributed by atoms with Gasteiger partial charge in [-0.1, -0.05) is 0 Å². The fourth-order valence-electron chi connectivity index (χ4n) is 3.08. The zero-order valence-electron chi connectivity index (χ0n) is 12.4. The van der Waals surface area contributed by atoms with E-state index in [4.69, 9.17) is 0 Å². The van der Waals surface area contributed by atoms with Gasteiger partial charge in [0, 0.05) is 18.6 Å². The van der Waals surface area contributed by atoms with Crippen molar-refractivity contribution in [3.63, 3.8) is 0 Å². The lowest BCUT2D eigenvalue weighted by Gasteiger charge is -2.54. The van der Waals surface area contributed by atoms with Crippen molar-refractivity contribution in [1.29, 1.82) is 0 Å². The normalized spacial score (nSPS) is 28.2. The van der Waals surface area contributed by atoms with Crippen LogP contribution in [0.25, 0.3) is 0 Å². The summed E-state index contributed by atoms with van der Waals surface area (Å²) in [6, 6.07) is 0. The van der Waals surface area contributed by atoms with Crippen LogP contribution in [0.1, 0.15) is 39.5 Å². The molecule has 4 nitrogen and oxygen atoms in total. The van der Waals surface area contributed by atoms with Crippen molar-refractivity contribution in [2.24, 2.45) is 0 Å². The van der Waals surface area contributed by atoms with Crippen LogP contribution in [0.5, 0.6) is 0 Å². The highest BCUT2D eigenvalue weighted by Gasteiger charge is 2.44. The average molecular weight is 258 g/mol. The van der Waals surface area contributed by atoms with E-state index < -0.39 is 0 Å². The SMILES string of the molecule is CC(O)CN1CCC1(CCCN(C)C)CC(C)O. The third-order valence-electron chi connectivity index (χ3n) is 3.93. The van der Waals surface area contributed by atoms with Crippen LogP contribution in [0, 0.1) is 0 Å². The predicted octanol–water partition coefficient (Wildman–Crippen LogP) is 0.924. The molecule has 1 fully saturated rings. The average Bonchev–Trinajstić information content (AvgIpc) is 2.22. The van der Waals surface area contributed by atoms with E-state index >= 15 is 0 Å². The number of hydrogen-bond acceptors (Lipinski definition) is 4. The van der Waals surface area contributed by atoms with Gasteiger partial charge in [0.1, 0.15) is 0 Å². The van der Waals surface area contributed by atoms with Gasteiger partial charge in [0.05, 0.1) is 12.2 Å². The molecule has 1 heterocycles. The highest BCUT2D eigenvalue weighted by atomic mass is 16.3. The first-order valence-electron chi connectivity index (χ1n) is 7.11. The van der Waals surface area contributed by atoms with Crippen LogP contribution >= 0.6 is 0 Å². The molecule has 1 saturated heterocycles. The van der Waals surface area contributed by atoms with Crippen molar-refractivity contribution in [2.75, 3.05) is 33.7 Å². The summed E-state index contributed by atoms with van der Waals surface area (Å²) in [6.45, 7) is 6.58. The number of aliphatic hydroxyl groups is 2. The molecule has 0 aromatic carbocycles. The largest absolute Gasteiger partial charge is 0.393 e. The molecule has 3 atom stereocenters. The molecule has 0 saturated carbocycles. The van der Waals surface area contributed by atoms with Crippen molar-refractivity contribution in [3.8, 4) is 0 Å². The monoisotopic (exact) mass is 258 g/mol. The molecule has 0 aliphatic carbocycles. The first kappa shape index (κ1) is 15.9. The Bertz CT molecular complexity index is 244. The summed E-state index contributed by atoms with van der Waals surface area (Å²) in [7, 11) is 4.19. The highest BCUT2D eigenvalue weighted by molar-refractivity contribution is 5.00. The van der Waals surface area contributed by atoms with E-state index in [2.05, 4.69) is 23.9 Å². The fraction of sp³-hybridized carbons (Fsp3) is 1.00. The third-order valence-corrected chi connectivity index (χ3v) is 3.93. The second kappa shape index (κ2) is 6.85. The van der Waals surface area contributed by atoms with Gasteiger partial charge in [-0.3, -0.25) is 4.90 Å². The molecule has 18 heavy (non-hydrogen) atoms. The van der Waals surface area contributed by atoms with Crippen LogP contribution in [0.2, 0.25) is 0 Å². The quantitative estimate of drug-likeness (QED) is 0.680. The molecule has 1 rings (SSSR count). The number of likely N-dealkylation sites (tertiary alicyclic amines) is 1. The Morgan fingerprint density at radius 2 is 1.89 bits per heavy atom. The van der Waals surface area contributed by atoms with Crippen LogP contribution in [-0.4, -0.2) is 71.5 Å². The van der Waals surface area contributed by atoms with E-state index in [0.717, 1.165) is 45.3 Å². The molecule has 108 valence electrons. The van der Waals surface area contributed by atoms with Gasteiger partial charge in [-0.15, -0.1) is 0 Å². The Morgan fingerprint density at radius 1 is 1.22 bits per heavy atom. The Hall–Kier alpha value is -0.160. The van der Waals surface area contributed by atoms with Gasteiger partial charge in [-0.25, -0.2) is 0 Å². The highest BCUT2D eigenvalue weighted by Crippen LogP contribution is 2.39. The molecule has 4 heteroatoms. The van der Waals surface area contributed by atoms with Crippen molar-refractivity contribution in [1.82, 2.24) is 9.80 Å². The zero-order chi connectivity index (χ0) is 13.8. The summed E-state index contributed by atoms with van der Waals surface area (Å²) in [4.78, 5) is 4.56. The summed E-state index contributed by atoms with van der Waals surface area (Å²) in [5.41, 5.74) is 0.126. The van der Waals surface area contributed by atoms with Gasteiger partial charge in [-0.2, -0.15) is 0 Å². The molecule has 1 aliphatic rings. The van der Waals surface area contributed by atoms with Gasteiger partial charge in [0.25, 0.3) is 0 Å². The maximum absolute atomic E-state index is 9.71. The van der Waals surface area contributed by atoms with Gasteiger partial charge in [0.15, 0.2) is 0 Å². The minimum Gasteiger partial charge on any atom is -0.393 e. The first-order valence-corrected chi connectivity index (χ1v) is 7.11. The number of β-amino-alcohol motifs (C(OH)–C–C–N with tert-alkyl or cyclic N) is 1. The van der Waals surface area contributed by atoms with Crippen molar-refractivity contribution >= 4 is 0 Å². The molecule has 0 amide bonds. The maximum Gasteiger partial charge on any atom is 0.0639 e. The van der Waals surface area contributed by atoms with Gasteiger partial charge in [0.2, 0.25) is 0 Å². The van der Waals surface area contributed by atoms with Crippen LogP contribution in [-0.2, 0) is 0 Å². The van der Waals surface area contributed by atoms with Crippen LogP contribution < -0.4 is 0 Å². The summed E-state index contributed by atoms with van der Waals surface area (Å²) < 4.78 is 0. The first-order chi connectivity index (χ1) is 8.35. The van der Waals surface area contributed by atoms with Crippen molar-refractivity contribution in [2.45, 2.75) is 57.3 Å². The fourth-order valence-corrected chi connectivity index (χ4v) is 3.08. The number of rotatable bonds is 8. The summed E-state index contributed by atoms with van der Waals surface area (Å²) in [6.07, 6.45) is 3.69. The number of nitrogens with zero attached hydrogens (tertiary/aromatic N) is 2. The van der Waals surface area contributed by atoms with E-state index in [0.29, 0.717) is 0 Å². The summed E-state index contributed by atoms with van der Waals surface area (Å²) >= 11 is 0.